The summed E-state index contributed by atoms with van der Waals surface area (Å²) < 4.78 is 4.84. The van der Waals surface area contributed by atoms with Crippen LogP contribution in [-0.2, 0) is 9.53 Å². The van der Waals surface area contributed by atoms with E-state index in [-0.39, 0.29) is 22.9 Å². The normalized spacial score (nSPS) is 12.2. The van der Waals surface area contributed by atoms with Crippen LogP contribution < -0.4 is 0 Å². The lowest BCUT2D eigenvalue weighted by Gasteiger charge is -2.02. The molecule has 1 rings (SSSR count). The van der Waals surface area contributed by atoms with Gasteiger partial charge in [0.1, 0.15) is 0 Å². The second-order valence-electron chi connectivity index (χ2n) is 3.70. The fraction of sp³-hybridized carbons (Fsp3) is 0.231. The van der Waals surface area contributed by atoms with E-state index in [1.54, 1.807) is 13.8 Å². The Morgan fingerprint density at radius 2 is 2.05 bits per heavy atom. The molecule has 20 heavy (non-hydrogen) atoms. The van der Waals surface area contributed by atoms with Crippen molar-refractivity contribution in [2.75, 3.05) is 6.61 Å². The molecule has 0 aliphatic carbocycles. The lowest BCUT2D eigenvalue weighted by molar-refractivity contribution is -0.384. The molecule has 0 fully saturated rings. The molecule has 0 atom stereocenters. The minimum atomic E-state index is -0.564. The third-order valence-corrected chi connectivity index (χ3v) is 2.47. The maximum Gasteiger partial charge on any atom is 0.340 e. The summed E-state index contributed by atoms with van der Waals surface area (Å²) in [6.07, 6.45) is 1.28. The van der Waals surface area contributed by atoms with E-state index in [0.717, 1.165) is 0 Å². The molecular weight excluding hydrogens is 284 g/mol. The Kier molecular flexibility index (Phi) is 5.86. The molecule has 0 amide bonds. The fourth-order valence-corrected chi connectivity index (χ4v) is 1.42. The standard InChI is InChI=1S/C13H13ClN2O4/c1-3-20-13(17)12(9(2)14)8-15-10-4-6-11(7-5-10)16(18)19/h4-8H,3H2,1-2H3/b12-9+,15-8?. The van der Waals surface area contributed by atoms with Gasteiger partial charge in [0.05, 0.1) is 22.8 Å². The largest absolute Gasteiger partial charge is 0.462 e. The van der Waals surface area contributed by atoms with Crippen molar-refractivity contribution in [2.24, 2.45) is 4.99 Å². The zero-order valence-corrected chi connectivity index (χ0v) is 11.8. The molecule has 6 nitrogen and oxygen atoms in total. The maximum absolute atomic E-state index is 11.6. The lowest BCUT2D eigenvalue weighted by atomic mass is 10.2. The molecule has 0 saturated heterocycles. The molecule has 1 aromatic rings. The van der Waals surface area contributed by atoms with Gasteiger partial charge in [-0.25, -0.2) is 4.79 Å². The van der Waals surface area contributed by atoms with Crippen molar-refractivity contribution in [2.45, 2.75) is 13.8 Å². The van der Waals surface area contributed by atoms with Gasteiger partial charge in [0.25, 0.3) is 5.69 Å². The number of carbonyl (C=O) groups excluding carboxylic acids is 1. The third-order valence-electron chi connectivity index (χ3n) is 2.27. The Hall–Kier alpha value is -2.21. The first-order valence-electron chi connectivity index (χ1n) is 5.77. The zero-order valence-electron chi connectivity index (χ0n) is 11.0. The van der Waals surface area contributed by atoms with Crippen LogP contribution >= 0.6 is 11.6 Å². The summed E-state index contributed by atoms with van der Waals surface area (Å²) in [6, 6.07) is 5.60. The van der Waals surface area contributed by atoms with Crippen molar-refractivity contribution in [3.8, 4) is 0 Å². The van der Waals surface area contributed by atoms with E-state index < -0.39 is 10.9 Å². The van der Waals surface area contributed by atoms with E-state index in [9.17, 15) is 14.9 Å². The monoisotopic (exact) mass is 296 g/mol. The summed E-state index contributed by atoms with van der Waals surface area (Å²) in [5.74, 6) is -0.564. The van der Waals surface area contributed by atoms with Gasteiger partial charge in [-0.3, -0.25) is 15.1 Å². The Labute approximate surface area is 120 Å². The Bertz CT molecular complexity index is 560. The fourth-order valence-electron chi connectivity index (χ4n) is 1.29. The number of hydrogen-bond acceptors (Lipinski definition) is 5. The van der Waals surface area contributed by atoms with Gasteiger partial charge in [-0.05, 0) is 26.0 Å². The van der Waals surface area contributed by atoms with Crippen LogP contribution in [0.5, 0.6) is 0 Å². The number of nitro groups is 1. The quantitative estimate of drug-likeness (QED) is 0.274. The summed E-state index contributed by atoms with van der Waals surface area (Å²) >= 11 is 5.81. The summed E-state index contributed by atoms with van der Waals surface area (Å²) in [7, 11) is 0. The number of carbonyl (C=O) groups is 1. The summed E-state index contributed by atoms with van der Waals surface area (Å²) in [6.45, 7) is 3.47. The van der Waals surface area contributed by atoms with Crippen molar-refractivity contribution in [1.82, 2.24) is 0 Å². The third kappa shape index (κ3) is 4.47. The molecule has 106 valence electrons. The van der Waals surface area contributed by atoms with Crippen LogP contribution in [0.1, 0.15) is 13.8 Å². The van der Waals surface area contributed by atoms with Gasteiger partial charge in [-0.15, -0.1) is 0 Å². The van der Waals surface area contributed by atoms with Gasteiger partial charge >= 0.3 is 5.97 Å². The second kappa shape index (κ2) is 7.40. The molecule has 1 aromatic carbocycles. The first kappa shape index (κ1) is 15.8. The molecular formula is C13H13ClN2O4. The van der Waals surface area contributed by atoms with E-state index in [4.69, 9.17) is 16.3 Å². The number of non-ortho nitro benzene ring substituents is 1. The topological polar surface area (TPSA) is 81.8 Å². The SMILES string of the molecule is CCOC(=O)/C(C=Nc1ccc([N+](=O)[O-])cc1)=C(\C)Cl. The van der Waals surface area contributed by atoms with Crippen LogP contribution in [0, 0.1) is 10.1 Å². The highest BCUT2D eigenvalue weighted by Gasteiger charge is 2.11. The number of halogens is 1. The molecule has 0 unspecified atom stereocenters. The molecule has 0 aliphatic heterocycles. The molecule has 0 aliphatic rings. The van der Waals surface area contributed by atoms with Gasteiger partial charge in [0, 0.05) is 23.4 Å². The van der Waals surface area contributed by atoms with E-state index >= 15 is 0 Å². The van der Waals surface area contributed by atoms with Crippen LogP contribution in [0.2, 0.25) is 0 Å². The van der Waals surface area contributed by atoms with Gasteiger partial charge in [-0.1, -0.05) is 11.6 Å². The highest BCUT2D eigenvalue weighted by atomic mass is 35.5. The number of nitrogens with zero attached hydrogens (tertiary/aromatic N) is 2. The maximum atomic E-state index is 11.6. The minimum absolute atomic E-state index is 0.0290. The van der Waals surface area contributed by atoms with Crippen LogP contribution in [0.4, 0.5) is 11.4 Å². The predicted octanol–water partition coefficient (Wildman–Crippen LogP) is 3.37. The van der Waals surface area contributed by atoms with Gasteiger partial charge in [0.15, 0.2) is 0 Å². The minimum Gasteiger partial charge on any atom is -0.462 e. The van der Waals surface area contributed by atoms with Gasteiger partial charge in [0.2, 0.25) is 0 Å². The van der Waals surface area contributed by atoms with E-state index in [1.165, 1.54) is 30.5 Å². The zero-order chi connectivity index (χ0) is 15.1. The number of hydrogen-bond donors (Lipinski definition) is 0. The van der Waals surface area contributed by atoms with Crippen molar-refractivity contribution in [3.05, 3.63) is 45.0 Å². The van der Waals surface area contributed by atoms with Crippen LogP contribution in [0.15, 0.2) is 39.9 Å². The number of rotatable bonds is 5. The molecule has 0 N–H and O–H groups in total. The highest BCUT2D eigenvalue weighted by molar-refractivity contribution is 6.34. The molecule has 0 bridgehead atoms. The van der Waals surface area contributed by atoms with Gasteiger partial charge in [-0.2, -0.15) is 0 Å². The van der Waals surface area contributed by atoms with Crippen LogP contribution in [0.25, 0.3) is 0 Å². The van der Waals surface area contributed by atoms with Crippen molar-refractivity contribution in [1.29, 1.82) is 0 Å². The van der Waals surface area contributed by atoms with E-state index in [1.807, 2.05) is 0 Å². The van der Waals surface area contributed by atoms with E-state index in [2.05, 4.69) is 4.99 Å². The number of benzene rings is 1. The summed E-state index contributed by atoms with van der Waals surface area (Å²) in [4.78, 5) is 25.7. The molecule has 0 aromatic heterocycles. The van der Waals surface area contributed by atoms with Crippen molar-refractivity contribution >= 4 is 35.2 Å². The Morgan fingerprint density at radius 1 is 1.45 bits per heavy atom. The smallest absolute Gasteiger partial charge is 0.340 e. The highest BCUT2D eigenvalue weighted by Crippen LogP contribution is 2.18. The molecule has 0 spiro atoms. The van der Waals surface area contributed by atoms with Crippen molar-refractivity contribution in [3.63, 3.8) is 0 Å². The average Bonchev–Trinajstić information content (AvgIpc) is 2.39. The van der Waals surface area contributed by atoms with Crippen molar-refractivity contribution < 1.29 is 14.5 Å². The van der Waals surface area contributed by atoms with Crippen LogP contribution in [-0.4, -0.2) is 23.7 Å². The van der Waals surface area contributed by atoms with E-state index in [0.29, 0.717) is 5.69 Å². The second-order valence-corrected chi connectivity index (χ2v) is 4.27. The lowest BCUT2D eigenvalue weighted by Crippen LogP contribution is -2.09. The van der Waals surface area contributed by atoms with Gasteiger partial charge < -0.3 is 4.74 Å². The number of ether oxygens (including phenoxy) is 1. The molecule has 7 heteroatoms. The Balaban J connectivity index is 2.92. The number of aliphatic imine (C=N–C) groups is 1. The van der Waals surface area contributed by atoms with Crippen LogP contribution in [0.3, 0.4) is 0 Å². The molecule has 0 heterocycles. The first-order chi connectivity index (χ1) is 9.45. The summed E-state index contributed by atoms with van der Waals surface area (Å²) in [5.41, 5.74) is 0.584. The number of esters is 1. The predicted molar refractivity (Wildman–Crippen MR) is 76.4 cm³/mol. The first-order valence-corrected chi connectivity index (χ1v) is 6.15. The average molecular weight is 297 g/mol. The number of allylic oxidation sites excluding steroid dienone is 1. The number of nitro benzene ring substituents is 1. The molecule has 0 radical (unpaired) electrons. The summed E-state index contributed by atoms with van der Waals surface area (Å²) in [5, 5.41) is 10.8. The molecule has 0 saturated carbocycles. The Morgan fingerprint density at radius 3 is 2.50 bits per heavy atom.